The third-order valence-corrected chi connectivity index (χ3v) is 3.81. The third-order valence-electron chi connectivity index (χ3n) is 3.81. The van der Waals surface area contributed by atoms with Crippen LogP contribution in [-0.2, 0) is 9.53 Å². The van der Waals surface area contributed by atoms with E-state index >= 15 is 0 Å². The summed E-state index contributed by atoms with van der Waals surface area (Å²) in [6.07, 6.45) is -1.71. The van der Waals surface area contributed by atoms with E-state index in [4.69, 9.17) is 9.84 Å². The van der Waals surface area contributed by atoms with Crippen molar-refractivity contribution in [3.8, 4) is 0 Å². The summed E-state index contributed by atoms with van der Waals surface area (Å²) < 4.78 is 20.9. The largest absolute Gasteiger partial charge is 0.394 e. The second-order valence-corrected chi connectivity index (χ2v) is 5.97. The Labute approximate surface area is 135 Å². The maximum absolute atomic E-state index is 14.2. The second kappa shape index (κ2) is 6.29. The SMILES string of the molecule is CC(C)C(=O)Nc1nc2c(ncn2[C@H]2O[C@H](CO)C[C@@H]2F)c(=O)[nH]1. The smallest absolute Gasteiger partial charge is 0.280 e. The van der Waals surface area contributed by atoms with Gasteiger partial charge in [-0.2, -0.15) is 4.98 Å². The van der Waals surface area contributed by atoms with Gasteiger partial charge in [-0.25, -0.2) is 9.37 Å². The van der Waals surface area contributed by atoms with Crippen LogP contribution in [-0.4, -0.2) is 49.4 Å². The average molecular weight is 339 g/mol. The van der Waals surface area contributed by atoms with Crippen molar-refractivity contribution in [1.82, 2.24) is 19.5 Å². The van der Waals surface area contributed by atoms with Gasteiger partial charge in [0.05, 0.1) is 19.0 Å². The van der Waals surface area contributed by atoms with Crippen molar-refractivity contribution in [2.24, 2.45) is 5.92 Å². The number of H-pyrrole nitrogens is 1. The minimum absolute atomic E-state index is 0.0146. The lowest BCUT2D eigenvalue weighted by Crippen LogP contribution is -2.23. The van der Waals surface area contributed by atoms with E-state index < -0.39 is 24.1 Å². The molecule has 0 aromatic carbocycles. The molecule has 0 unspecified atom stereocenters. The number of ether oxygens (including phenoxy) is 1. The quantitative estimate of drug-likeness (QED) is 0.738. The Bertz CT molecular complexity index is 817. The molecule has 1 aliphatic heterocycles. The predicted molar refractivity (Wildman–Crippen MR) is 82.1 cm³/mol. The zero-order valence-electron chi connectivity index (χ0n) is 13.2. The fraction of sp³-hybridized carbons (Fsp3) is 0.571. The summed E-state index contributed by atoms with van der Waals surface area (Å²) in [5.41, 5.74) is -0.435. The Hall–Kier alpha value is -2.33. The molecule has 0 radical (unpaired) electrons. The van der Waals surface area contributed by atoms with Crippen molar-refractivity contribution in [3.63, 3.8) is 0 Å². The van der Waals surface area contributed by atoms with Gasteiger partial charge in [0.15, 0.2) is 17.4 Å². The van der Waals surface area contributed by atoms with Gasteiger partial charge in [0.1, 0.15) is 6.17 Å². The van der Waals surface area contributed by atoms with E-state index in [1.807, 2.05) is 0 Å². The molecule has 2 aromatic rings. The van der Waals surface area contributed by atoms with E-state index in [2.05, 4.69) is 20.3 Å². The summed E-state index contributed by atoms with van der Waals surface area (Å²) in [6.45, 7) is 3.10. The van der Waals surface area contributed by atoms with Gasteiger partial charge in [-0.15, -0.1) is 0 Å². The van der Waals surface area contributed by atoms with E-state index in [0.717, 1.165) is 0 Å². The highest BCUT2D eigenvalue weighted by atomic mass is 19.1. The van der Waals surface area contributed by atoms with Gasteiger partial charge < -0.3 is 9.84 Å². The number of aliphatic hydroxyl groups is 1. The Morgan fingerprint density at radius 3 is 3.00 bits per heavy atom. The number of carbonyl (C=O) groups is 1. The number of hydrogen-bond donors (Lipinski definition) is 3. The van der Waals surface area contributed by atoms with Gasteiger partial charge in [-0.1, -0.05) is 13.8 Å². The maximum Gasteiger partial charge on any atom is 0.280 e. The summed E-state index contributed by atoms with van der Waals surface area (Å²) in [7, 11) is 0. The van der Waals surface area contributed by atoms with E-state index in [9.17, 15) is 14.0 Å². The molecule has 10 heteroatoms. The van der Waals surface area contributed by atoms with Crippen LogP contribution in [0.15, 0.2) is 11.1 Å². The monoisotopic (exact) mass is 339 g/mol. The first-order valence-electron chi connectivity index (χ1n) is 7.58. The molecule has 1 saturated heterocycles. The number of carbonyl (C=O) groups excluding carboxylic acids is 1. The molecule has 3 heterocycles. The number of amides is 1. The molecular weight excluding hydrogens is 321 g/mol. The molecule has 0 aliphatic carbocycles. The molecule has 3 atom stereocenters. The fourth-order valence-corrected chi connectivity index (χ4v) is 2.50. The zero-order chi connectivity index (χ0) is 17.4. The van der Waals surface area contributed by atoms with Crippen LogP contribution >= 0.6 is 0 Å². The van der Waals surface area contributed by atoms with Crippen LogP contribution in [0.5, 0.6) is 0 Å². The average Bonchev–Trinajstić information content (AvgIpc) is 3.10. The van der Waals surface area contributed by atoms with Gasteiger partial charge in [0, 0.05) is 12.3 Å². The van der Waals surface area contributed by atoms with Crippen LogP contribution in [0.3, 0.4) is 0 Å². The number of rotatable bonds is 4. The number of anilines is 1. The van der Waals surface area contributed by atoms with Crippen LogP contribution in [0.25, 0.3) is 11.2 Å². The standard InChI is InChI=1S/C14H18FN5O4/c1-6(2)11(22)18-14-17-10-9(12(23)19-14)16-5-20(10)13-8(15)3-7(4-21)24-13/h5-8,13,21H,3-4H2,1-2H3,(H2,17,18,19,22,23)/t7-,8-,13-/m0/s1. The van der Waals surface area contributed by atoms with Crippen LogP contribution < -0.4 is 10.9 Å². The number of fused-ring (bicyclic) bond motifs is 1. The van der Waals surface area contributed by atoms with Crippen molar-refractivity contribution in [2.75, 3.05) is 11.9 Å². The molecule has 1 amide bonds. The number of alkyl halides is 1. The molecule has 1 aliphatic rings. The topological polar surface area (TPSA) is 122 Å². The van der Waals surface area contributed by atoms with Crippen LogP contribution in [0.4, 0.5) is 10.3 Å². The van der Waals surface area contributed by atoms with E-state index in [0.29, 0.717) is 0 Å². The summed E-state index contributed by atoms with van der Waals surface area (Å²) in [6, 6.07) is 0. The molecule has 0 spiro atoms. The minimum Gasteiger partial charge on any atom is -0.394 e. The Morgan fingerprint density at radius 1 is 1.62 bits per heavy atom. The number of imidazole rings is 1. The van der Waals surface area contributed by atoms with Gasteiger partial charge in [-0.05, 0) is 0 Å². The molecule has 0 bridgehead atoms. The highest BCUT2D eigenvalue weighted by Crippen LogP contribution is 2.32. The Balaban J connectivity index is 2.00. The number of aromatic amines is 1. The summed E-state index contributed by atoms with van der Waals surface area (Å²) in [4.78, 5) is 34.4. The fourth-order valence-electron chi connectivity index (χ4n) is 2.50. The van der Waals surface area contributed by atoms with Crippen molar-refractivity contribution in [2.45, 2.75) is 38.8 Å². The van der Waals surface area contributed by atoms with Gasteiger partial charge in [0.25, 0.3) is 5.56 Å². The van der Waals surface area contributed by atoms with Crippen molar-refractivity contribution in [3.05, 3.63) is 16.7 Å². The van der Waals surface area contributed by atoms with Crippen LogP contribution in [0, 0.1) is 5.92 Å². The number of aliphatic hydroxyl groups excluding tert-OH is 1. The maximum atomic E-state index is 14.2. The lowest BCUT2D eigenvalue weighted by atomic mass is 10.2. The highest BCUT2D eigenvalue weighted by molar-refractivity contribution is 5.91. The lowest BCUT2D eigenvalue weighted by molar-refractivity contribution is -0.118. The summed E-state index contributed by atoms with van der Waals surface area (Å²) in [5.74, 6) is -0.654. The van der Waals surface area contributed by atoms with Crippen molar-refractivity contribution >= 4 is 23.0 Å². The lowest BCUT2D eigenvalue weighted by Gasteiger charge is -2.15. The highest BCUT2D eigenvalue weighted by Gasteiger charge is 2.37. The second-order valence-electron chi connectivity index (χ2n) is 5.97. The number of halogens is 1. The molecule has 3 rings (SSSR count). The summed E-state index contributed by atoms with van der Waals surface area (Å²) in [5, 5.41) is 11.6. The first-order valence-corrected chi connectivity index (χ1v) is 7.58. The molecule has 2 aromatic heterocycles. The van der Waals surface area contributed by atoms with Crippen molar-refractivity contribution < 1.29 is 19.0 Å². The molecule has 3 N–H and O–H groups in total. The Kier molecular flexibility index (Phi) is 4.33. The van der Waals surface area contributed by atoms with Crippen molar-refractivity contribution in [1.29, 1.82) is 0 Å². The molecular formula is C14H18FN5O4. The summed E-state index contributed by atoms with van der Waals surface area (Å²) >= 11 is 0. The number of aromatic nitrogens is 4. The first kappa shape index (κ1) is 16.5. The van der Waals surface area contributed by atoms with Crippen LogP contribution in [0.2, 0.25) is 0 Å². The third kappa shape index (κ3) is 2.89. The van der Waals surface area contributed by atoms with Gasteiger partial charge >= 0.3 is 0 Å². The van der Waals surface area contributed by atoms with E-state index in [1.54, 1.807) is 13.8 Å². The molecule has 0 saturated carbocycles. The van der Waals surface area contributed by atoms with E-state index in [1.165, 1.54) is 10.9 Å². The molecule has 1 fully saturated rings. The number of nitrogens with one attached hydrogen (secondary N) is 2. The zero-order valence-corrected chi connectivity index (χ0v) is 13.2. The van der Waals surface area contributed by atoms with Crippen LogP contribution in [0.1, 0.15) is 26.5 Å². The first-order chi connectivity index (χ1) is 11.4. The number of nitrogens with zero attached hydrogens (tertiary/aromatic N) is 3. The normalized spacial score (nSPS) is 24.0. The Morgan fingerprint density at radius 2 is 2.38 bits per heavy atom. The van der Waals surface area contributed by atoms with Gasteiger partial charge in [0.2, 0.25) is 11.9 Å². The predicted octanol–water partition coefficient (Wildman–Crippen LogP) is 0.332. The number of hydrogen-bond acceptors (Lipinski definition) is 6. The molecule has 130 valence electrons. The van der Waals surface area contributed by atoms with Gasteiger partial charge in [-0.3, -0.25) is 24.5 Å². The molecule has 24 heavy (non-hydrogen) atoms. The minimum atomic E-state index is -1.37. The van der Waals surface area contributed by atoms with E-state index in [-0.39, 0.29) is 42.0 Å². The molecule has 9 nitrogen and oxygen atoms in total.